The van der Waals surface area contributed by atoms with E-state index in [-0.39, 0.29) is 17.5 Å². The van der Waals surface area contributed by atoms with Crippen molar-refractivity contribution in [2.24, 2.45) is 29.6 Å². The largest absolute Gasteiger partial charge is 0.459 e. The minimum absolute atomic E-state index is 0.0476. The summed E-state index contributed by atoms with van der Waals surface area (Å²) in [5.41, 5.74) is -0.101. The molecule has 6 atom stereocenters. The van der Waals surface area contributed by atoms with Crippen LogP contribution in [0.1, 0.15) is 65.7 Å². The molecular weight excluding hydrogens is 236 g/mol. The van der Waals surface area contributed by atoms with Crippen molar-refractivity contribution in [2.75, 3.05) is 0 Å². The maximum atomic E-state index is 12.2. The number of carbonyl (C=O) groups excluding carboxylic acids is 1. The van der Waals surface area contributed by atoms with Crippen LogP contribution < -0.4 is 0 Å². The number of fused-ring (bicyclic) bond motifs is 5. The van der Waals surface area contributed by atoms with E-state index >= 15 is 0 Å². The summed E-state index contributed by atoms with van der Waals surface area (Å²) >= 11 is 0. The Kier molecular flexibility index (Phi) is 3.39. The minimum atomic E-state index is -0.101. The molecule has 3 saturated carbocycles. The summed E-state index contributed by atoms with van der Waals surface area (Å²) < 4.78 is 6.10. The van der Waals surface area contributed by atoms with Crippen molar-refractivity contribution in [2.45, 2.75) is 71.3 Å². The third kappa shape index (κ3) is 1.94. The van der Waals surface area contributed by atoms with Crippen molar-refractivity contribution in [1.29, 1.82) is 0 Å². The average Bonchev–Trinajstić information content (AvgIpc) is 3.08. The standard InChI is InChI=1S/C17H28O2/c1-4-11(3)16(18)19-17(5-2)10-12-9-15(17)14-8-6-7-13(12)14/h11-15H,4-10H2,1-3H3. The number of hydrogen-bond acceptors (Lipinski definition) is 2. The highest BCUT2D eigenvalue weighted by Gasteiger charge is 2.62. The molecule has 2 bridgehead atoms. The number of esters is 1. The molecule has 0 N–H and O–H groups in total. The molecule has 0 amide bonds. The van der Waals surface area contributed by atoms with Crippen molar-refractivity contribution >= 4 is 5.97 Å². The van der Waals surface area contributed by atoms with Gasteiger partial charge in [0.1, 0.15) is 5.60 Å². The van der Waals surface area contributed by atoms with E-state index in [4.69, 9.17) is 4.74 Å². The third-order valence-electron chi connectivity index (χ3n) is 6.50. The van der Waals surface area contributed by atoms with Crippen molar-refractivity contribution in [3.63, 3.8) is 0 Å². The maximum Gasteiger partial charge on any atom is 0.309 e. The summed E-state index contributed by atoms with van der Waals surface area (Å²) in [5.74, 6) is 3.45. The number of carbonyl (C=O) groups is 1. The van der Waals surface area contributed by atoms with Gasteiger partial charge in [-0.2, -0.15) is 0 Å². The molecule has 0 aromatic carbocycles. The van der Waals surface area contributed by atoms with E-state index in [9.17, 15) is 4.79 Å². The van der Waals surface area contributed by atoms with E-state index < -0.39 is 0 Å². The molecule has 3 fully saturated rings. The quantitative estimate of drug-likeness (QED) is 0.712. The monoisotopic (exact) mass is 264 g/mol. The molecule has 0 heterocycles. The van der Waals surface area contributed by atoms with Crippen LogP contribution >= 0.6 is 0 Å². The average molecular weight is 264 g/mol. The third-order valence-corrected chi connectivity index (χ3v) is 6.50. The lowest BCUT2D eigenvalue weighted by Crippen LogP contribution is -2.45. The normalized spacial score (nSPS) is 45.2. The van der Waals surface area contributed by atoms with Gasteiger partial charge < -0.3 is 4.74 Å². The second kappa shape index (κ2) is 4.79. The summed E-state index contributed by atoms with van der Waals surface area (Å²) in [6.07, 6.45) is 8.60. The van der Waals surface area contributed by atoms with Gasteiger partial charge >= 0.3 is 5.97 Å². The van der Waals surface area contributed by atoms with Gasteiger partial charge in [-0.3, -0.25) is 4.79 Å². The van der Waals surface area contributed by atoms with E-state index in [1.165, 1.54) is 25.7 Å². The Balaban J connectivity index is 1.76. The predicted molar refractivity (Wildman–Crippen MR) is 75.6 cm³/mol. The lowest BCUT2D eigenvalue weighted by molar-refractivity contribution is -0.175. The van der Waals surface area contributed by atoms with Gasteiger partial charge in [-0.05, 0) is 56.3 Å². The number of rotatable bonds is 4. The van der Waals surface area contributed by atoms with Crippen LogP contribution in [-0.2, 0) is 9.53 Å². The van der Waals surface area contributed by atoms with Crippen LogP contribution in [0.15, 0.2) is 0 Å². The van der Waals surface area contributed by atoms with Crippen LogP contribution in [-0.4, -0.2) is 11.6 Å². The van der Waals surface area contributed by atoms with Crippen LogP contribution in [0.3, 0.4) is 0 Å². The van der Waals surface area contributed by atoms with Gasteiger partial charge in [-0.1, -0.05) is 27.2 Å². The minimum Gasteiger partial charge on any atom is -0.459 e. The molecule has 3 aliphatic carbocycles. The molecule has 0 radical (unpaired) electrons. The summed E-state index contributed by atoms with van der Waals surface area (Å²) in [4.78, 5) is 12.2. The molecule has 3 rings (SSSR count). The second-order valence-electron chi connectivity index (χ2n) is 7.21. The van der Waals surface area contributed by atoms with E-state index in [1.54, 1.807) is 0 Å². The summed E-state index contributed by atoms with van der Waals surface area (Å²) in [7, 11) is 0. The highest BCUT2D eigenvalue weighted by molar-refractivity contribution is 5.72. The molecule has 0 saturated heterocycles. The van der Waals surface area contributed by atoms with Gasteiger partial charge in [0.25, 0.3) is 0 Å². The van der Waals surface area contributed by atoms with Gasteiger partial charge in [-0.15, -0.1) is 0 Å². The van der Waals surface area contributed by atoms with E-state index in [0.717, 1.165) is 37.0 Å². The van der Waals surface area contributed by atoms with Crippen LogP contribution in [0.4, 0.5) is 0 Å². The first-order valence-electron chi connectivity index (χ1n) is 8.34. The molecule has 2 heteroatoms. The van der Waals surface area contributed by atoms with Gasteiger partial charge in [-0.25, -0.2) is 0 Å². The zero-order valence-electron chi connectivity index (χ0n) is 12.7. The zero-order valence-corrected chi connectivity index (χ0v) is 12.7. The Hall–Kier alpha value is -0.530. The Morgan fingerprint density at radius 1 is 1.32 bits per heavy atom. The van der Waals surface area contributed by atoms with Crippen LogP contribution in [0, 0.1) is 29.6 Å². The molecule has 0 spiro atoms. The van der Waals surface area contributed by atoms with E-state index in [2.05, 4.69) is 13.8 Å². The van der Waals surface area contributed by atoms with Gasteiger partial charge in [0.15, 0.2) is 0 Å². The Bertz CT molecular complexity index is 364. The zero-order chi connectivity index (χ0) is 13.6. The van der Waals surface area contributed by atoms with Crippen LogP contribution in [0.25, 0.3) is 0 Å². The fraction of sp³-hybridized carbons (Fsp3) is 0.941. The molecule has 0 aromatic heterocycles. The first-order chi connectivity index (χ1) is 9.11. The van der Waals surface area contributed by atoms with E-state index in [0.29, 0.717) is 5.92 Å². The topological polar surface area (TPSA) is 26.3 Å². The predicted octanol–water partition coefficient (Wildman–Crippen LogP) is 4.18. The molecular formula is C17H28O2. The van der Waals surface area contributed by atoms with E-state index in [1.807, 2.05) is 6.92 Å². The molecule has 6 unspecified atom stereocenters. The summed E-state index contributed by atoms with van der Waals surface area (Å²) in [6, 6.07) is 0. The highest BCUT2D eigenvalue weighted by Crippen LogP contribution is 2.64. The van der Waals surface area contributed by atoms with Gasteiger partial charge in [0, 0.05) is 5.92 Å². The van der Waals surface area contributed by atoms with Crippen LogP contribution in [0.2, 0.25) is 0 Å². The first kappa shape index (κ1) is 13.5. The Labute approximate surface area is 117 Å². The maximum absolute atomic E-state index is 12.2. The Morgan fingerprint density at radius 3 is 2.74 bits per heavy atom. The fourth-order valence-corrected chi connectivity index (χ4v) is 5.28. The lowest BCUT2D eigenvalue weighted by Gasteiger charge is -2.42. The molecule has 0 aliphatic heterocycles. The second-order valence-corrected chi connectivity index (χ2v) is 7.21. The number of ether oxygens (including phenoxy) is 1. The lowest BCUT2D eigenvalue weighted by atomic mass is 9.71. The molecule has 0 aromatic rings. The smallest absolute Gasteiger partial charge is 0.309 e. The highest BCUT2D eigenvalue weighted by atomic mass is 16.6. The molecule has 108 valence electrons. The molecule has 2 nitrogen and oxygen atoms in total. The van der Waals surface area contributed by atoms with Crippen molar-refractivity contribution in [3.05, 3.63) is 0 Å². The molecule has 19 heavy (non-hydrogen) atoms. The first-order valence-corrected chi connectivity index (χ1v) is 8.34. The Morgan fingerprint density at radius 2 is 2.05 bits per heavy atom. The van der Waals surface area contributed by atoms with Crippen molar-refractivity contribution < 1.29 is 9.53 Å². The number of hydrogen-bond donors (Lipinski definition) is 0. The van der Waals surface area contributed by atoms with Gasteiger partial charge in [0.2, 0.25) is 0 Å². The SMILES string of the molecule is CCC(C)C(=O)OC1(CC)CC2CC1C1CCCC21. The fourth-order valence-electron chi connectivity index (χ4n) is 5.28. The van der Waals surface area contributed by atoms with Gasteiger partial charge in [0.05, 0.1) is 5.92 Å². The van der Waals surface area contributed by atoms with Crippen molar-refractivity contribution in [3.8, 4) is 0 Å². The molecule has 3 aliphatic rings. The van der Waals surface area contributed by atoms with Crippen molar-refractivity contribution in [1.82, 2.24) is 0 Å². The summed E-state index contributed by atoms with van der Waals surface area (Å²) in [5, 5.41) is 0. The summed E-state index contributed by atoms with van der Waals surface area (Å²) in [6.45, 7) is 6.28. The van der Waals surface area contributed by atoms with Crippen LogP contribution in [0.5, 0.6) is 0 Å².